The Labute approximate surface area is 103 Å². The molecular weight excluding hydrogens is 216 g/mol. The van der Waals surface area contributed by atoms with Gasteiger partial charge in [-0.05, 0) is 43.0 Å². The van der Waals surface area contributed by atoms with Crippen molar-refractivity contribution >= 4 is 5.97 Å². The Bertz CT molecular complexity index is 341. The maximum Gasteiger partial charge on any atom is 0.338 e. The summed E-state index contributed by atoms with van der Waals surface area (Å²) in [6.07, 6.45) is 2.00. The van der Waals surface area contributed by atoms with Gasteiger partial charge in [-0.1, -0.05) is 13.8 Å². The Morgan fingerprint density at radius 3 is 2.41 bits per heavy atom. The predicted molar refractivity (Wildman–Crippen MR) is 67.3 cm³/mol. The highest BCUT2D eigenvalue weighted by Crippen LogP contribution is 2.12. The van der Waals surface area contributed by atoms with Crippen molar-refractivity contribution in [3.8, 4) is 5.75 Å². The van der Waals surface area contributed by atoms with Gasteiger partial charge in [-0.3, -0.25) is 0 Å². The summed E-state index contributed by atoms with van der Waals surface area (Å²) in [7, 11) is 1.60. The van der Waals surface area contributed by atoms with Gasteiger partial charge in [0.1, 0.15) is 5.75 Å². The molecule has 0 atom stereocenters. The minimum atomic E-state index is -0.267. The second kappa shape index (κ2) is 6.94. The molecule has 0 unspecified atom stereocenters. The van der Waals surface area contributed by atoms with Crippen molar-refractivity contribution in [2.75, 3.05) is 13.7 Å². The van der Waals surface area contributed by atoms with Crippen LogP contribution in [0, 0.1) is 5.92 Å². The van der Waals surface area contributed by atoms with E-state index in [1.807, 2.05) is 0 Å². The third kappa shape index (κ3) is 4.89. The van der Waals surface area contributed by atoms with Crippen molar-refractivity contribution < 1.29 is 14.3 Å². The number of hydrogen-bond acceptors (Lipinski definition) is 3. The molecule has 0 radical (unpaired) electrons. The number of esters is 1. The Balaban J connectivity index is 2.36. The maximum atomic E-state index is 11.6. The van der Waals surface area contributed by atoms with Crippen LogP contribution in [0.3, 0.4) is 0 Å². The van der Waals surface area contributed by atoms with Crippen molar-refractivity contribution in [3.63, 3.8) is 0 Å². The molecule has 1 aromatic carbocycles. The van der Waals surface area contributed by atoms with Gasteiger partial charge in [-0.25, -0.2) is 4.79 Å². The molecule has 0 saturated heterocycles. The summed E-state index contributed by atoms with van der Waals surface area (Å²) < 4.78 is 10.2. The van der Waals surface area contributed by atoms with E-state index in [0.717, 1.165) is 18.6 Å². The van der Waals surface area contributed by atoms with Crippen LogP contribution < -0.4 is 4.74 Å². The topological polar surface area (TPSA) is 35.5 Å². The molecule has 1 rings (SSSR count). The first-order chi connectivity index (χ1) is 8.13. The fourth-order valence-electron chi connectivity index (χ4n) is 1.47. The van der Waals surface area contributed by atoms with Crippen LogP contribution in [0.4, 0.5) is 0 Å². The van der Waals surface area contributed by atoms with E-state index in [1.54, 1.807) is 31.4 Å². The Kier molecular flexibility index (Phi) is 5.53. The summed E-state index contributed by atoms with van der Waals surface area (Å²) in [4.78, 5) is 11.6. The van der Waals surface area contributed by atoms with Crippen molar-refractivity contribution in [1.82, 2.24) is 0 Å². The van der Waals surface area contributed by atoms with Crippen LogP contribution in [0.5, 0.6) is 5.75 Å². The molecule has 94 valence electrons. The van der Waals surface area contributed by atoms with Crippen molar-refractivity contribution in [2.24, 2.45) is 5.92 Å². The number of benzene rings is 1. The first-order valence-electron chi connectivity index (χ1n) is 5.94. The molecular formula is C14H20O3. The van der Waals surface area contributed by atoms with E-state index in [0.29, 0.717) is 18.1 Å². The average molecular weight is 236 g/mol. The highest BCUT2D eigenvalue weighted by molar-refractivity contribution is 5.89. The van der Waals surface area contributed by atoms with Crippen LogP contribution in [0.1, 0.15) is 37.0 Å². The zero-order chi connectivity index (χ0) is 12.7. The van der Waals surface area contributed by atoms with Crippen LogP contribution in [-0.2, 0) is 4.74 Å². The van der Waals surface area contributed by atoms with Gasteiger partial charge in [0.2, 0.25) is 0 Å². The molecule has 3 nitrogen and oxygen atoms in total. The lowest BCUT2D eigenvalue weighted by molar-refractivity contribution is 0.0494. The fourth-order valence-corrected chi connectivity index (χ4v) is 1.47. The fraction of sp³-hybridized carbons (Fsp3) is 0.500. The standard InChI is InChI=1S/C14H20O3/c1-11(2)5-4-10-17-14(15)12-6-8-13(16-3)9-7-12/h6-9,11H,4-5,10H2,1-3H3. The summed E-state index contributed by atoms with van der Waals surface area (Å²) in [5.41, 5.74) is 0.565. The second-order valence-corrected chi connectivity index (χ2v) is 4.40. The number of rotatable bonds is 6. The lowest BCUT2D eigenvalue weighted by atomic mass is 10.1. The number of carbonyl (C=O) groups excluding carboxylic acids is 1. The normalized spacial score (nSPS) is 10.4. The van der Waals surface area contributed by atoms with Crippen LogP contribution in [0.25, 0.3) is 0 Å². The average Bonchev–Trinajstić information content (AvgIpc) is 2.34. The van der Waals surface area contributed by atoms with E-state index < -0.39 is 0 Å². The number of ether oxygens (including phenoxy) is 2. The van der Waals surface area contributed by atoms with Crippen LogP contribution in [-0.4, -0.2) is 19.7 Å². The molecule has 0 bridgehead atoms. The van der Waals surface area contributed by atoms with Crippen LogP contribution >= 0.6 is 0 Å². The molecule has 0 aliphatic heterocycles. The molecule has 0 heterocycles. The maximum absolute atomic E-state index is 11.6. The van der Waals surface area contributed by atoms with Gasteiger partial charge in [0.05, 0.1) is 19.3 Å². The SMILES string of the molecule is COc1ccc(C(=O)OCCCC(C)C)cc1. The van der Waals surface area contributed by atoms with E-state index >= 15 is 0 Å². The lowest BCUT2D eigenvalue weighted by Crippen LogP contribution is -2.07. The zero-order valence-electron chi connectivity index (χ0n) is 10.7. The second-order valence-electron chi connectivity index (χ2n) is 4.40. The van der Waals surface area contributed by atoms with E-state index in [2.05, 4.69) is 13.8 Å². The van der Waals surface area contributed by atoms with Gasteiger partial charge in [-0.15, -0.1) is 0 Å². The van der Waals surface area contributed by atoms with E-state index in [-0.39, 0.29) is 5.97 Å². The molecule has 0 saturated carbocycles. The molecule has 0 spiro atoms. The molecule has 1 aromatic rings. The Morgan fingerprint density at radius 1 is 1.24 bits per heavy atom. The summed E-state index contributed by atoms with van der Waals surface area (Å²) >= 11 is 0. The van der Waals surface area contributed by atoms with Crippen molar-refractivity contribution in [2.45, 2.75) is 26.7 Å². The highest BCUT2D eigenvalue weighted by atomic mass is 16.5. The molecule has 0 fully saturated rings. The molecule has 0 N–H and O–H groups in total. The summed E-state index contributed by atoms with van der Waals surface area (Å²) in [6.45, 7) is 4.81. The molecule has 3 heteroatoms. The van der Waals surface area contributed by atoms with Gasteiger partial charge in [-0.2, -0.15) is 0 Å². The van der Waals surface area contributed by atoms with Gasteiger partial charge in [0.15, 0.2) is 0 Å². The molecule has 0 aliphatic rings. The van der Waals surface area contributed by atoms with E-state index in [4.69, 9.17) is 9.47 Å². The van der Waals surface area contributed by atoms with Crippen LogP contribution in [0.2, 0.25) is 0 Å². The van der Waals surface area contributed by atoms with Crippen molar-refractivity contribution in [1.29, 1.82) is 0 Å². The van der Waals surface area contributed by atoms with Gasteiger partial charge >= 0.3 is 5.97 Å². The van der Waals surface area contributed by atoms with Crippen molar-refractivity contribution in [3.05, 3.63) is 29.8 Å². The first-order valence-corrected chi connectivity index (χ1v) is 5.94. The zero-order valence-corrected chi connectivity index (χ0v) is 10.7. The third-order valence-electron chi connectivity index (χ3n) is 2.48. The van der Waals surface area contributed by atoms with Gasteiger partial charge < -0.3 is 9.47 Å². The largest absolute Gasteiger partial charge is 0.497 e. The monoisotopic (exact) mass is 236 g/mol. The lowest BCUT2D eigenvalue weighted by Gasteiger charge is -2.07. The first kappa shape index (κ1) is 13.6. The smallest absolute Gasteiger partial charge is 0.338 e. The minimum absolute atomic E-state index is 0.267. The van der Waals surface area contributed by atoms with E-state index in [9.17, 15) is 4.79 Å². The highest BCUT2D eigenvalue weighted by Gasteiger charge is 2.06. The molecule has 0 aliphatic carbocycles. The number of methoxy groups -OCH3 is 1. The molecule has 0 amide bonds. The van der Waals surface area contributed by atoms with Gasteiger partial charge in [0.25, 0.3) is 0 Å². The molecule has 0 aromatic heterocycles. The summed E-state index contributed by atoms with van der Waals surface area (Å²) in [5.74, 6) is 1.12. The summed E-state index contributed by atoms with van der Waals surface area (Å²) in [5, 5.41) is 0. The third-order valence-corrected chi connectivity index (χ3v) is 2.48. The van der Waals surface area contributed by atoms with Gasteiger partial charge in [0, 0.05) is 0 Å². The Morgan fingerprint density at radius 2 is 1.88 bits per heavy atom. The van der Waals surface area contributed by atoms with Crippen LogP contribution in [0.15, 0.2) is 24.3 Å². The number of carbonyl (C=O) groups is 1. The van der Waals surface area contributed by atoms with E-state index in [1.165, 1.54) is 0 Å². The number of hydrogen-bond donors (Lipinski definition) is 0. The Hall–Kier alpha value is -1.51. The quantitative estimate of drug-likeness (QED) is 0.561. The minimum Gasteiger partial charge on any atom is -0.497 e. The predicted octanol–water partition coefficient (Wildman–Crippen LogP) is 3.29. The molecule has 17 heavy (non-hydrogen) atoms. The summed E-state index contributed by atoms with van der Waals surface area (Å²) in [6, 6.07) is 6.93.